The second kappa shape index (κ2) is 27.6. The van der Waals surface area contributed by atoms with Gasteiger partial charge in [-0.3, -0.25) is 19.2 Å². The fraction of sp³-hybridized carbons (Fsp3) is 0.567. The molecule has 4 aliphatic rings. The lowest BCUT2D eigenvalue weighted by atomic mass is 9.83. The van der Waals surface area contributed by atoms with Gasteiger partial charge in [0.1, 0.15) is 23.7 Å². The summed E-state index contributed by atoms with van der Waals surface area (Å²) in [4.78, 5) is 59.4. The number of amides is 4. The molecule has 2 aliphatic carbocycles. The fourth-order valence-corrected chi connectivity index (χ4v) is 15.3. The van der Waals surface area contributed by atoms with Crippen LogP contribution in [-0.2, 0) is 52.1 Å². The minimum absolute atomic E-state index is 0.0212. The molecule has 4 N–H and O–H groups in total. The molecule has 0 spiro atoms. The minimum atomic E-state index is -4.29. The first-order valence-electron chi connectivity index (χ1n) is 29.0. The number of carbonyl (C=O) groups excluding carboxylic acids is 4. The third kappa shape index (κ3) is 14.8. The number of nitrogens with zero attached hydrogens (tertiary/aromatic N) is 4. The van der Waals surface area contributed by atoms with Gasteiger partial charge in [0.15, 0.2) is 0 Å². The van der Waals surface area contributed by atoms with Crippen molar-refractivity contribution in [3.8, 4) is 0 Å². The highest BCUT2D eigenvalue weighted by Gasteiger charge is 2.43. The van der Waals surface area contributed by atoms with Gasteiger partial charge in [0.25, 0.3) is 0 Å². The van der Waals surface area contributed by atoms with Gasteiger partial charge in [-0.2, -0.15) is 8.61 Å². The Kier molecular flexibility index (Phi) is 20.9. The third-order valence-corrected chi connectivity index (χ3v) is 21.1. The summed E-state index contributed by atoms with van der Waals surface area (Å²) in [6.07, 6.45) is 12.1. The summed E-state index contributed by atoms with van der Waals surface area (Å²) in [6, 6.07) is 17.4. The Labute approximate surface area is 472 Å². The van der Waals surface area contributed by atoms with Crippen LogP contribution in [0.2, 0.25) is 0 Å². The van der Waals surface area contributed by atoms with Gasteiger partial charge in [-0.25, -0.2) is 25.6 Å². The largest absolute Gasteiger partial charge is 0.343 e. The number of halogens is 2. The first kappa shape index (κ1) is 60.7. The molecule has 2 saturated heterocycles. The van der Waals surface area contributed by atoms with Gasteiger partial charge in [0.05, 0.1) is 21.9 Å². The van der Waals surface area contributed by atoms with Crippen molar-refractivity contribution in [3.05, 3.63) is 108 Å². The number of hydrogen-bond acceptors (Lipinski definition) is 10. The molecular formula is C60H82F2N8O8S2. The molecule has 2 saturated carbocycles. The summed E-state index contributed by atoms with van der Waals surface area (Å²) < 4.78 is 91.0. The zero-order chi connectivity index (χ0) is 57.1. The van der Waals surface area contributed by atoms with Crippen LogP contribution >= 0.6 is 0 Å². The van der Waals surface area contributed by atoms with Crippen LogP contribution in [0.15, 0.2) is 94.7 Å². The maximum atomic E-state index is 15.1. The number of fused-ring (bicyclic) bond motifs is 1. The highest BCUT2D eigenvalue weighted by Crippen LogP contribution is 2.34. The molecule has 4 amide bonds. The summed E-state index contributed by atoms with van der Waals surface area (Å²) in [5.41, 5.74) is 1.45. The van der Waals surface area contributed by atoms with Crippen molar-refractivity contribution in [2.24, 2.45) is 11.8 Å². The lowest BCUT2D eigenvalue weighted by Crippen LogP contribution is -2.57. The Hall–Kier alpha value is -5.38. The molecule has 4 aromatic rings. The number of benzene rings is 4. The molecular weight excluding hydrogens is 1060 g/mol. The smallest absolute Gasteiger partial charge is 0.245 e. The van der Waals surface area contributed by atoms with Gasteiger partial charge in [-0.15, -0.1) is 0 Å². The van der Waals surface area contributed by atoms with Crippen LogP contribution in [0.5, 0.6) is 0 Å². The normalized spacial score (nSPS) is 20.2. The summed E-state index contributed by atoms with van der Waals surface area (Å²) >= 11 is 0. The Morgan fingerprint density at radius 3 is 1.24 bits per heavy atom. The van der Waals surface area contributed by atoms with E-state index in [1.807, 2.05) is 0 Å². The van der Waals surface area contributed by atoms with E-state index in [0.29, 0.717) is 49.5 Å². The number of carbonyl (C=O) groups is 4. The summed E-state index contributed by atoms with van der Waals surface area (Å²) in [7, 11) is -5.20. The molecule has 2 heterocycles. The monoisotopic (exact) mass is 1140 g/mol. The summed E-state index contributed by atoms with van der Waals surface area (Å²) in [5, 5.41) is 13.0. The average Bonchev–Trinajstić information content (AvgIpc) is 4.17. The van der Waals surface area contributed by atoms with Crippen LogP contribution in [0, 0.1) is 23.5 Å². The molecule has 0 radical (unpaired) electrons. The number of nitrogens with one attached hydrogen (secondary N) is 4. The van der Waals surface area contributed by atoms with E-state index in [9.17, 15) is 28.0 Å². The van der Waals surface area contributed by atoms with Crippen molar-refractivity contribution in [3.63, 3.8) is 0 Å². The number of likely N-dealkylation sites (N-methyl/N-ethyl adjacent to an activating group) is 2. The predicted molar refractivity (Wildman–Crippen MR) is 305 cm³/mol. The highest BCUT2D eigenvalue weighted by atomic mass is 32.2. The van der Waals surface area contributed by atoms with Gasteiger partial charge in [-0.05, 0) is 174 Å². The van der Waals surface area contributed by atoms with Crippen molar-refractivity contribution in [1.82, 2.24) is 39.7 Å². The minimum Gasteiger partial charge on any atom is -0.343 e. The van der Waals surface area contributed by atoms with Crippen LogP contribution < -0.4 is 21.3 Å². The van der Waals surface area contributed by atoms with Crippen molar-refractivity contribution in [2.75, 3.05) is 53.4 Å². The van der Waals surface area contributed by atoms with E-state index in [1.54, 1.807) is 74.1 Å². The van der Waals surface area contributed by atoms with Crippen LogP contribution in [-0.4, -0.2) is 148 Å². The van der Waals surface area contributed by atoms with Crippen molar-refractivity contribution in [2.45, 2.75) is 163 Å². The maximum Gasteiger partial charge on any atom is 0.245 e. The molecule has 20 heteroatoms. The molecule has 0 unspecified atom stereocenters. The number of rotatable bonds is 24. The first-order valence-corrected chi connectivity index (χ1v) is 31.8. The topological polar surface area (TPSA) is 198 Å². The molecule has 4 aromatic carbocycles. The van der Waals surface area contributed by atoms with Gasteiger partial charge < -0.3 is 31.1 Å². The second-order valence-electron chi connectivity index (χ2n) is 22.6. The van der Waals surface area contributed by atoms with Crippen molar-refractivity contribution in [1.29, 1.82) is 0 Å². The number of likely N-dealkylation sites (tertiary alicyclic amines) is 2. The zero-order valence-corrected chi connectivity index (χ0v) is 48.5. The second-order valence-corrected chi connectivity index (χ2v) is 26.5. The summed E-state index contributed by atoms with van der Waals surface area (Å²) in [6.45, 7) is 4.30. The molecule has 4 fully saturated rings. The maximum absolute atomic E-state index is 15.1. The average molecular weight is 1150 g/mol. The van der Waals surface area contributed by atoms with E-state index in [-0.39, 0.29) is 84.3 Å². The molecule has 436 valence electrons. The van der Waals surface area contributed by atoms with E-state index < -0.39 is 67.9 Å². The molecule has 0 aromatic heterocycles. The SMILES string of the molecule is CN[C@@H](C)C(=O)N[C@H](C(=O)N1CCC[C@H]1CN(CCc1ccc(F)cc1)S(=O)(=O)c1ccc2cc(S(=O)(=O)N(CCc3ccc(F)cc3)C[C@@H]3CCCN3C(=O)[C@@H](NC(=O)[C@H](C)NC)C3CCCCC3)ccc2c1)C1CCCCC1. The molecule has 80 heavy (non-hydrogen) atoms. The van der Waals surface area contributed by atoms with E-state index in [4.69, 9.17) is 0 Å². The number of hydrogen-bond donors (Lipinski definition) is 4. The van der Waals surface area contributed by atoms with Crippen molar-refractivity contribution >= 4 is 54.4 Å². The zero-order valence-electron chi connectivity index (χ0n) is 46.9. The van der Waals surface area contributed by atoms with Gasteiger partial charge in [0, 0.05) is 51.4 Å². The van der Waals surface area contributed by atoms with E-state index in [2.05, 4.69) is 21.3 Å². The van der Waals surface area contributed by atoms with E-state index in [1.165, 1.54) is 57.1 Å². The standard InChI is InChI=1S/C60H82F2N8O8S2/c1-41(63-3)57(71)65-55(45-13-7-5-8-14-45)59(73)69-33-11-17-51(69)39-67(35-31-43-19-25-49(61)26-20-43)79(75,76)53-29-23-48-38-54(30-24-47(48)37-53)80(77,78)68(36-32-44-21-27-50(62)28-22-44)40-52-18-12-34-70(52)60(74)56(46-15-9-6-10-16-46)66-58(72)42(2)64-4/h19-30,37-38,41-42,45-46,51-52,55-56,63-64H,5-18,31-36,39-40H2,1-4H3,(H,65,71)(H,66,72)/t41-,42-,51-,52-,55-,56-/m0/s1. The molecule has 2 aliphatic heterocycles. The Morgan fingerprint density at radius 1 is 0.525 bits per heavy atom. The molecule has 6 atom stereocenters. The van der Waals surface area contributed by atoms with Crippen LogP contribution in [0.4, 0.5) is 8.78 Å². The van der Waals surface area contributed by atoms with Gasteiger partial charge >= 0.3 is 0 Å². The molecule has 8 rings (SSSR count). The Morgan fingerprint density at radius 2 is 0.887 bits per heavy atom. The summed E-state index contributed by atoms with van der Waals surface area (Å²) in [5.74, 6) is -1.91. The van der Waals surface area contributed by atoms with Gasteiger partial charge in [0.2, 0.25) is 43.7 Å². The lowest BCUT2D eigenvalue weighted by molar-refractivity contribution is -0.139. The third-order valence-electron chi connectivity index (χ3n) is 17.4. The first-order chi connectivity index (χ1) is 38.4. The van der Waals surface area contributed by atoms with Crippen LogP contribution in [0.1, 0.15) is 115 Å². The van der Waals surface area contributed by atoms with Gasteiger partial charge in [-0.1, -0.05) is 74.9 Å². The number of sulfonamides is 2. The predicted octanol–water partition coefficient (Wildman–Crippen LogP) is 6.91. The van der Waals surface area contributed by atoms with Crippen LogP contribution in [0.3, 0.4) is 0 Å². The molecule has 0 bridgehead atoms. The Balaban J connectivity index is 1.06. The fourth-order valence-electron chi connectivity index (χ4n) is 12.2. The van der Waals surface area contributed by atoms with E-state index in [0.717, 1.165) is 75.3 Å². The lowest BCUT2D eigenvalue weighted by Gasteiger charge is -2.36. The molecule has 16 nitrogen and oxygen atoms in total. The van der Waals surface area contributed by atoms with Crippen LogP contribution in [0.25, 0.3) is 10.8 Å². The quantitative estimate of drug-likeness (QED) is 0.0572. The van der Waals surface area contributed by atoms with E-state index >= 15 is 16.8 Å². The highest BCUT2D eigenvalue weighted by molar-refractivity contribution is 7.89. The van der Waals surface area contributed by atoms with Crippen molar-refractivity contribution < 1.29 is 44.8 Å². The Bertz CT molecular complexity index is 2800.